The number of aryl methyl sites for hydroxylation is 2. The Balaban J connectivity index is 0.00000161. The third-order valence-corrected chi connectivity index (χ3v) is 5.43. The molecule has 0 spiro atoms. The van der Waals surface area contributed by atoms with Gasteiger partial charge in [-0.2, -0.15) is 0 Å². The molecule has 1 aliphatic carbocycles. The van der Waals surface area contributed by atoms with Crippen LogP contribution in [0.2, 0.25) is 0 Å². The molecule has 21 heavy (non-hydrogen) atoms. The molecule has 0 bridgehead atoms. The van der Waals surface area contributed by atoms with Gasteiger partial charge in [0, 0.05) is 13.1 Å². The summed E-state index contributed by atoms with van der Waals surface area (Å²) < 4.78 is 27.4. The van der Waals surface area contributed by atoms with E-state index in [1.165, 1.54) is 11.1 Å². The molecule has 3 rings (SSSR count). The van der Waals surface area contributed by atoms with Crippen molar-refractivity contribution in [2.45, 2.75) is 30.6 Å². The molecule has 0 saturated heterocycles. The molecule has 6 heteroatoms. The Kier molecular flexibility index (Phi) is 5.43. The molecule has 2 aliphatic rings. The van der Waals surface area contributed by atoms with Crippen LogP contribution in [0.4, 0.5) is 0 Å². The summed E-state index contributed by atoms with van der Waals surface area (Å²) in [6, 6.07) is 5.52. The highest BCUT2D eigenvalue weighted by molar-refractivity contribution is 7.89. The van der Waals surface area contributed by atoms with Crippen molar-refractivity contribution >= 4 is 22.4 Å². The molecule has 4 nitrogen and oxygen atoms in total. The lowest BCUT2D eigenvalue weighted by molar-refractivity contribution is 0.582. The first-order chi connectivity index (χ1) is 9.65. The minimum Gasteiger partial charge on any atom is -0.313 e. The fourth-order valence-corrected chi connectivity index (χ4v) is 3.90. The summed E-state index contributed by atoms with van der Waals surface area (Å²) in [6.07, 6.45) is 6.17. The van der Waals surface area contributed by atoms with Crippen molar-refractivity contribution in [2.24, 2.45) is 0 Å². The normalized spacial score (nSPS) is 17.8. The van der Waals surface area contributed by atoms with E-state index in [4.69, 9.17) is 0 Å². The van der Waals surface area contributed by atoms with Gasteiger partial charge in [0.25, 0.3) is 0 Å². The quantitative estimate of drug-likeness (QED) is 0.829. The van der Waals surface area contributed by atoms with Gasteiger partial charge < -0.3 is 5.32 Å². The molecule has 0 fully saturated rings. The van der Waals surface area contributed by atoms with Crippen molar-refractivity contribution in [1.29, 1.82) is 0 Å². The van der Waals surface area contributed by atoms with E-state index in [1.807, 2.05) is 12.1 Å². The van der Waals surface area contributed by atoms with Crippen LogP contribution in [0.15, 0.2) is 34.7 Å². The van der Waals surface area contributed by atoms with Crippen LogP contribution in [-0.2, 0) is 22.9 Å². The smallest absolute Gasteiger partial charge is 0.240 e. The minimum atomic E-state index is -3.39. The van der Waals surface area contributed by atoms with Crippen molar-refractivity contribution in [2.75, 3.05) is 19.6 Å². The first kappa shape index (κ1) is 16.5. The number of rotatable bonds is 4. The van der Waals surface area contributed by atoms with E-state index in [2.05, 4.69) is 16.1 Å². The first-order valence-electron chi connectivity index (χ1n) is 7.15. The molecule has 0 amide bonds. The van der Waals surface area contributed by atoms with Crippen LogP contribution in [0, 0.1) is 0 Å². The number of sulfonamides is 1. The zero-order chi connectivity index (χ0) is 14.0. The molecule has 1 heterocycles. The summed E-state index contributed by atoms with van der Waals surface area (Å²) in [5.74, 6) is 0. The van der Waals surface area contributed by atoms with E-state index in [0.29, 0.717) is 11.4 Å². The highest BCUT2D eigenvalue weighted by Crippen LogP contribution is 2.24. The molecule has 1 aromatic rings. The second kappa shape index (κ2) is 6.92. The summed E-state index contributed by atoms with van der Waals surface area (Å²) in [5.41, 5.74) is 3.65. The number of benzene rings is 1. The van der Waals surface area contributed by atoms with Crippen LogP contribution >= 0.6 is 12.4 Å². The lowest BCUT2D eigenvalue weighted by Crippen LogP contribution is -2.29. The van der Waals surface area contributed by atoms with Gasteiger partial charge in [0.1, 0.15) is 0 Å². The van der Waals surface area contributed by atoms with Gasteiger partial charge in [0.2, 0.25) is 10.0 Å². The Bertz CT molecular complexity index is 641. The zero-order valence-electron chi connectivity index (χ0n) is 11.9. The van der Waals surface area contributed by atoms with E-state index < -0.39 is 10.0 Å². The lowest BCUT2D eigenvalue weighted by Gasteiger charge is -2.15. The Morgan fingerprint density at radius 1 is 1.14 bits per heavy atom. The molecule has 0 saturated carbocycles. The van der Waals surface area contributed by atoms with E-state index >= 15 is 0 Å². The molecule has 116 valence electrons. The van der Waals surface area contributed by atoms with Crippen LogP contribution in [0.5, 0.6) is 0 Å². The summed E-state index contributed by atoms with van der Waals surface area (Å²) >= 11 is 0. The van der Waals surface area contributed by atoms with Gasteiger partial charge in [0.05, 0.1) is 4.90 Å². The van der Waals surface area contributed by atoms with E-state index in [9.17, 15) is 8.42 Å². The molecule has 0 atom stereocenters. The highest BCUT2D eigenvalue weighted by atomic mass is 35.5. The van der Waals surface area contributed by atoms with Crippen molar-refractivity contribution in [3.05, 3.63) is 41.0 Å². The Labute approximate surface area is 132 Å². The summed E-state index contributed by atoms with van der Waals surface area (Å²) in [7, 11) is -3.39. The number of hydrogen-bond donors (Lipinski definition) is 2. The molecule has 0 aromatic heterocycles. The maximum absolute atomic E-state index is 12.3. The third-order valence-electron chi connectivity index (χ3n) is 4.03. The summed E-state index contributed by atoms with van der Waals surface area (Å²) in [6.45, 7) is 2.17. The van der Waals surface area contributed by atoms with Gasteiger partial charge in [-0.05, 0) is 55.5 Å². The van der Waals surface area contributed by atoms with Crippen LogP contribution < -0.4 is 10.0 Å². The Morgan fingerprint density at radius 2 is 1.95 bits per heavy atom. The zero-order valence-corrected chi connectivity index (χ0v) is 13.5. The average molecular weight is 329 g/mol. The number of nitrogens with one attached hydrogen (secondary N) is 2. The van der Waals surface area contributed by atoms with Crippen LogP contribution in [0.25, 0.3) is 0 Å². The van der Waals surface area contributed by atoms with Crippen molar-refractivity contribution in [1.82, 2.24) is 10.0 Å². The number of halogens is 1. The van der Waals surface area contributed by atoms with Gasteiger partial charge in [-0.3, -0.25) is 0 Å². The Hall–Kier alpha value is -0.880. The monoisotopic (exact) mass is 328 g/mol. The van der Waals surface area contributed by atoms with Gasteiger partial charge in [-0.15, -0.1) is 12.4 Å². The average Bonchev–Trinajstić information content (AvgIpc) is 2.94. The predicted octanol–water partition coefficient (Wildman–Crippen LogP) is 1.80. The van der Waals surface area contributed by atoms with Gasteiger partial charge in [-0.1, -0.05) is 17.7 Å². The fraction of sp³-hybridized carbons (Fsp3) is 0.467. The standard InChI is InChI=1S/C15H20N2O2S.ClH/c18-20(19,17-11-12-6-8-16-9-7-12)15-5-4-13-2-1-3-14(13)10-15;/h4-6,10,16-17H,1-3,7-9,11H2;1H. The topological polar surface area (TPSA) is 58.2 Å². The minimum absolute atomic E-state index is 0. The first-order valence-corrected chi connectivity index (χ1v) is 8.63. The van der Waals surface area contributed by atoms with E-state index in [1.54, 1.807) is 6.07 Å². The SMILES string of the molecule is Cl.O=S(=O)(NCC1=CCNCC1)c1ccc2c(c1)CCC2. The molecular formula is C15H21ClN2O2S. The molecule has 1 aliphatic heterocycles. The highest BCUT2D eigenvalue weighted by Gasteiger charge is 2.18. The van der Waals surface area contributed by atoms with Crippen LogP contribution in [-0.4, -0.2) is 28.1 Å². The van der Waals surface area contributed by atoms with E-state index in [-0.39, 0.29) is 12.4 Å². The van der Waals surface area contributed by atoms with Gasteiger partial charge in [-0.25, -0.2) is 13.1 Å². The van der Waals surface area contributed by atoms with Gasteiger partial charge in [0.15, 0.2) is 0 Å². The predicted molar refractivity (Wildman–Crippen MR) is 86.5 cm³/mol. The molecular weight excluding hydrogens is 308 g/mol. The Morgan fingerprint density at radius 3 is 2.71 bits per heavy atom. The van der Waals surface area contributed by atoms with Gasteiger partial charge >= 0.3 is 0 Å². The van der Waals surface area contributed by atoms with Crippen molar-refractivity contribution in [3.63, 3.8) is 0 Å². The largest absolute Gasteiger partial charge is 0.313 e. The number of fused-ring (bicyclic) bond motifs is 1. The maximum atomic E-state index is 12.3. The van der Waals surface area contributed by atoms with Crippen molar-refractivity contribution < 1.29 is 8.42 Å². The summed E-state index contributed by atoms with van der Waals surface area (Å²) in [4.78, 5) is 0.396. The second-order valence-electron chi connectivity index (χ2n) is 5.43. The maximum Gasteiger partial charge on any atom is 0.240 e. The number of hydrogen-bond acceptors (Lipinski definition) is 3. The van der Waals surface area contributed by atoms with Crippen LogP contribution in [0.3, 0.4) is 0 Å². The molecule has 1 aromatic carbocycles. The molecule has 2 N–H and O–H groups in total. The fourth-order valence-electron chi connectivity index (χ4n) is 2.82. The third kappa shape index (κ3) is 3.86. The molecule has 0 radical (unpaired) electrons. The lowest BCUT2D eigenvalue weighted by atomic mass is 10.1. The van der Waals surface area contributed by atoms with Crippen molar-refractivity contribution in [3.8, 4) is 0 Å². The van der Waals surface area contributed by atoms with E-state index in [0.717, 1.165) is 44.3 Å². The second-order valence-corrected chi connectivity index (χ2v) is 7.19. The van der Waals surface area contributed by atoms with Crippen LogP contribution in [0.1, 0.15) is 24.0 Å². The summed E-state index contributed by atoms with van der Waals surface area (Å²) in [5, 5.41) is 3.22. The molecule has 0 unspecified atom stereocenters.